The SMILES string of the molecule is COCCNC(=O)c1cc(C(F)(F)F)nn1C. The van der Waals surface area contributed by atoms with Gasteiger partial charge in [-0.2, -0.15) is 18.3 Å². The first kappa shape index (κ1) is 13.5. The molecule has 0 fully saturated rings. The first-order valence-corrected chi connectivity index (χ1v) is 4.74. The van der Waals surface area contributed by atoms with E-state index >= 15 is 0 Å². The van der Waals surface area contributed by atoms with Gasteiger partial charge in [0.2, 0.25) is 0 Å². The fraction of sp³-hybridized carbons (Fsp3) is 0.556. The molecule has 1 amide bonds. The van der Waals surface area contributed by atoms with Crippen LogP contribution in [0.2, 0.25) is 0 Å². The van der Waals surface area contributed by atoms with Crippen LogP contribution >= 0.6 is 0 Å². The summed E-state index contributed by atoms with van der Waals surface area (Å²) in [5.41, 5.74) is -1.23. The summed E-state index contributed by atoms with van der Waals surface area (Å²) in [4.78, 5) is 11.5. The molecule has 0 atom stereocenters. The second-order valence-electron chi connectivity index (χ2n) is 3.28. The van der Waals surface area contributed by atoms with Gasteiger partial charge in [0, 0.05) is 26.8 Å². The first-order chi connectivity index (χ1) is 7.86. The second-order valence-corrected chi connectivity index (χ2v) is 3.28. The molecule has 1 N–H and O–H groups in total. The molecule has 0 aliphatic carbocycles. The van der Waals surface area contributed by atoms with E-state index in [1.54, 1.807) is 0 Å². The van der Waals surface area contributed by atoms with E-state index < -0.39 is 17.8 Å². The molecule has 0 aromatic carbocycles. The van der Waals surface area contributed by atoms with Gasteiger partial charge in [0.15, 0.2) is 5.69 Å². The Hall–Kier alpha value is -1.57. The third-order valence-corrected chi connectivity index (χ3v) is 1.99. The van der Waals surface area contributed by atoms with Crippen LogP contribution in [-0.2, 0) is 18.0 Å². The van der Waals surface area contributed by atoms with Crippen molar-refractivity contribution in [3.63, 3.8) is 0 Å². The maximum Gasteiger partial charge on any atom is 0.435 e. The molecule has 96 valence electrons. The van der Waals surface area contributed by atoms with E-state index in [4.69, 9.17) is 4.74 Å². The Morgan fingerprint density at radius 3 is 2.71 bits per heavy atom. The number of aryl methyl sites for hydroxylation is 1. The highest BCUT2D eigenvalue weighted by atomic mass is 19.4. The van der Waals surface area contributed by atoms with Crippen LogP contribution < -0.4 is 5.32 Å². The van der Waals surface area contributed by atoms with Crippen molar-refractivity contribution < 1.29 is 22.7 Å². The molecule has 0 aliphatic heterocycles. The van der Waals surface area contributed by atoms with Crippen LogP contribution in [0.5, 0.6) is 0 Å². The molecular weight excluding hydrogens is 239 g/mol. The summed E-state index contributed by atoms with van der Waals surface area (Å²) in [5, 5.41) is 5.64. The Balaban J connectivity index is 2.77. The van der Waals surface area contributed by atoms with Gasteiger partial charge in [0.1, 0.15) is 5.69 Å². The largest absolute Gasteiger partial charge is 0.435 e. The van der Waals surface area contributed by atoms with Gasteiger partial charge >= 0.3 is 6.18 Å². The monoisotopic (exact) mass is 251 g/mol. The fourth-order valence-electron chi connectivity index (χ4n) is 1.18. The average Bonchev–Trinajstić information content (AvgIpc) is 2.60. The third-order valence-electron chi connectivity index (χ3n) is 1.99. The zero-order chi connectivity index (χ0) is 13.1. The summed E-state index contributed by atoms with van der Waals surface area (Å²) in [6, 6.07) is 0.710. The molecule has 1 heterocycles. The highest BCUT2D eigenvalue weighted by Gasteiger charge is 2.35. The first-order valence-electron chi connectivity index (χ1n) is 4.74. The van der Waals surface area contributed by atoms with Gasteiger partial charge in [-0.05, 0) is 0 Å². The lowest BCUT2D eigenvalue weighted by atomic mass is 10.3. The lowest BCUT2D eigenvalue weighted by Crippen LogP contribution is -2.28. The number of nitrogens with zero attached hydrogens (tertiary/aromatic N) is 2. The van der Waals surface area contributed by atoms with E-state index in [1.807, 2.05) is 0 Å². The van der Waals surface area contributed by atoms with Gasteiger partial charge in [-0.1, -0.05) is 0 Å². The molecule has 0 bridgehead atoms. The van der Waals surface area contributed by atoms with Crippen LogP contribution in [0.1, 0.15) is 16.2 Å². The molecule has 1 aromatic heterocycles. The summed E-state index contributed by atoms with van der Waals surface area (Å²) in [6.45, 7) is 0.511. The number of hydrogen-bond acceptors (Lipinski definition) is 3. The molecule has 0 spiro atoms. The summed E-state index contributed by atoms with van der Waals surface area (Å²) in [6.07, 6.45) is -4.55. The Morgan fingerprint density at radius 1 is 1.59 bits per heavy atom. The second kappa shape index (κ2) is 5.17. The summed E-state index contributed by atoms with van der Waals surface area (Å²) in [7, 11) is 2.73. The van der Waals surface area contributed by atoms with Crippen molar-refractivity contribution >= 4 is 5.91 Å². The van der Waals surface area contributed by atoms with Crippen LogP contribution in [0.25, 0.3) is 0 Å². The predicted molar refractivity (Wildman–Crippen MR) is 52.4 cm³/mol. The van der Waals surface area contributed by atoms with Gasteiger partial charge < -0.3 is 10.1 Å². The highest BCUT2D eigenvalue weighted by Crippen LogP contribution is 2.28. The van der Waals surface area contributed by atoms with Crippen molar-refractivity contribution in [2.75, 3.05) is 20.3 Å². The van der Waals surface area contributed by atoms with Crippen LogP contribution in [0.4, 0.5) is 13.2 Å². The number of methoxy groups -OCH3 is 1. The van der Waals surface area contributed by atoms with Crippen LogP contribution in [0, 0.1) is 0 Å². The smallest absolute Gasteiger partial charge is 0.383 e. The predicted octanol–water partition coefficient (Wildman–Crippen LogP) is 0.815. The van der Waals surface area contributed by atoms with E-state index in [0.717, 1.165) is 4.68 Å². The number of rotatable bonds is 4. The maximum atomic E-state index is 12.3. The van der Waals surface area contributed by atoms with Crippen molar-refractivity contribution in [1.29, 1.82) is 0 Å². The summed E-state index contributed by atoms with van der Waals surface area (Å²) in [5.74, 6) is -0.618. The van der Waals surface area contributed by atoms with E-state index in [9.17, 15) is 18.0 Å². The minimum atomic E-state index is -4.55. The number of hydrogen-bond donors (Lipinski definition) is 1. The molecule has 0 saturated carbocycles. The van der Waals surface area contributed by atoms with E-state index in [2.05, 4.69) is 10.4 Å². The Morgan fingerprint density at radius 2 is 2.24 bits per heavy atom. The highest BCUT2D eigenvalue weighted by molar-refractivity contribution is 5.92. The van der Waals surface area contributed by atoms with Gasteiger partial charge in [-0.25, -0.2) is 0 Å². The fourth-order valence-corrected chi connectivity index (χ4v) is 1.18. The minimum absolute atomic E-state index is 0.145. The van der Waals surface area contributed by atoms with Crippen LogP contribution in [0.15, 0.2) is 6.07 Å². The molecule has 0 aliphatic rings. The number of ether oxygens (including phenoxy) is 1. The van der Waals surface area contributed by atoms with E-state index in [0.29, 0.717) is 6.07 Å². The molecule has 0 saturated heterocycles. The Kier molecular flexibility index (Phi) is 4.11. The van der Waals surface area contributed by atoms with Crippen molar-refractivity contribution in [2.24, 2.45) is 7.05 Å². The zero-order valence-electron chi connectivity index (χ0n) is 9.34. The number of amides is 1. The molecule has 17 heavy (non-hydrogen) atoms. The maximum absolute atomic E-state index is 12.3. The minimum Gasteiger partial charge on any atom is -0.383 e. The van der Waals surface area contributed by atoms with Gasteiger partial charge in [-0.15, -0.1) is 0 Å². The number of halogens is 3. The van der Waals surface area contributed by atoms with Crippen molar-refractivity contribution in [3.05, 3.63) is 17.5 Å². The number of aromatic nitrogens is 2. The molecule has 0 unspecified atom stereocenters. The van der Waals surface area contributed by atoms with Gasteiger partial charge in [0.25, 0.3) is 5.91 Å². The van der Waals surface area contributed by atoms with Crippen molar-refractivity contribution in [1.82, 2.24) is 15.1 Å². The normalized spacial score (nSPS) is 11.6. The van der Waals surface area contributed by atoms with E-state index in [1.165, 1.54) is 14.2 Å². The van der Waals surface area contributed by atoms with Crippen molar-refractivity contribution in [3.8, 4) is 0 Å². The Bertz CT molecular complexity index is 401. The summed E-state index contributed by atoms with van der Waals surface area (Å²) < 4.78 is 42.6. The standard InChI is InChI=1S/C9H12F3N3O2/c1-15-6(8(16)13-3-4-17-2)5-7(14-15)9(10,11)12/h5H,3-4H2,1-2H3,(H,13,16). The number of carbonyl (C=O) groups excluding carboxylic acids is 1. The number of carbonyl (C=O) groups is 1. The van der Waals surface area contributed by atoms with Gasteiger partial charge in [-0.3, -0.25) is 9.48 Å². The van der Waals surface area contributed by atoms with Crippen molar-refractivity contribution in [2.45, 2.75) is 6.18 Å². The molecular formula is C9H12F3N3O2. The lowest BCUT2D eigenvalue weighted by Gasteiger charge is -2.03. The number of alkyl halides is 3. The van der Waals surface area contributed by atoms with Gasteiger partial charge in [0.05, 0.1) is 6.61 Å². The average molecular weight is 251 g/mol. The summed E-state index contributed by atoms with van der Waals surface area (Å²) >= 11 is 0. The van der Waals surface area contributed by atoms with Crippen LogP contribution in [-0.4, -0.2) is 35.9 Å². The molecule has 1 aromatic rings. The topological polar surface area (TPSA) is 56.1 Å². The number of nitrogens with one attached hydrogen (secondary N) is 1. The van der Waals surface area contributed by atoms with E-state index in [-0.39, 0.29) is 18.8 Å². The molecule has 1 rings (SSSR count). The molecule has 8 heteroatoms. The third kappa shape index (κ3) is 3.45. The Labute approximate surface area is 95.5 Å². The molecule has 5 nitrogen and oxygen atoms in total. The zero-order valence-corrected chi connectivity index (χ0v) is 9.34. The molecule has 0 radical (unpaired) electrons. The lowest BCUT2D eigenvalue weighted by molar-refractivity contribution is -0.141. The van der Waals surface area contributed by atoms with Crippen LogP contribution in [0.3, 0.4) is 0 Å². The quantitative estimate of drug-likeness (QED) is 0.806.